The minimum Gasteiger partial charge on any atom is -0.399 e. The fourth-order valence-electron chi connectivity index (χ4n) is 6.19. The van der Waals surface area contributed by atoms with Gasteiger partial charge in [0.15, 0.2) is 5.78 Å². The van der Waals surface area contributed by atoms with E-state index in [4.69, 9.17) is 5.73 Å². The van der Waals surface area contributed by atoms with Gasteiger partial charge in [0.25, 0.3) is 0 Å². The molecule has 0 saturated carbocycles. The van der Waals surface area contributed by atoms with Crippen LogP contribution in [0.15, 0.2) is 59.3 Å². The molecule has 31 heavy (non-hydrogen) atoms. The average molecular weight is 404 g/mol. The Bertz CT molecular complexity index is 1340. The van der Waals surface area contributed by atoms with Crippen molar-refractivity contribution in [3.63, 3.8) is 0 Å². The van der Waals surface area contributed by atoms with Crippen molar-refractivity contribution in [3.05, 3.63) is 70.4 Å². The first kappa shape index (κ1) is 19.1. The SMILES string of the molecule is CCC1CC=C2C(C#N)=C(N)C(C#N)(C#N)C3(C(=O)c4cccc5cccc3c45)C2C1. The van der Waals surface area contributed by atoms with Crippen molar-refractivity contribution in [3.8, 4) is 18.2 Å². The van der Waals surface area contributed by atoms with Gasteiger partial charge in [0, 0.05) is 11.5 Å². The Labute approximate surface area is 180 Å². The van der Waals surface area contributed by atoms with E-state index in [1.807, 2.05) is 36.4 Å². The van der Waals surface area contributed by atoms with Crippen molar-refractivity contribution in [2.24, 2.45) is 23.0 Å². The van der Waals surface area contributed by atoms with E-state index in [0.717, 1.165) is 23.6 Å². The topological polar surface area (TPSA) is 114 Å². The molecule has 0 saturated heterocycles. The van der Waals surface area contributed by atoms with Crippen LogP contribution in [0.3, 0.4) is 0 Å². The molecule has 0 aliphatic heterocycles. The first-order valence-corrected chi connectivity index (χ1v) is 10.5. The number of rotatable bonds is 1. The third-order valence-electron chi connectivity index (χ3n) is 7.65. The third-order valence-corrected chi connectivity index (χ3v) is 7.65. The highest BCUT2D eigenvalue weighted by Gasteiger charge is 2.70. The maximum absolute atomic E-state index is 14.3. The van der Waals surface area contributed by atoms with Crippen LogP contribution in [0.4, 0.5) is 0 Å². The molecule has 0 fully saturated rings. The van der Waals surface area contributed by atoms with E-state index in [0.29, 0.717) is 29.0 Å². The van der Waals surface area contributed by atoms with Crippen molar-refractivity contribution < 1.29 is 4.79 Å². The second-order valence-electron chi connectivity index (χ2n) is 8.68. The monoisotopic (exact) mass is 404 g/mol. The molecule has 2 aromatic rings. The minimum atomic E-state index is -1.96. The van der Waals surface area contributed by atoms with Gasteiger partial charge in [-0.05, 0) is 40.7 Å². The summed E-state index contributed by atoms with van der Waals surface area (Å²) < 4.78 is 0. The van der Waals surface area contributed by atoms with E-state index in [1.54, 1.807) is 6.07 Å². The van der Waals surface area contributed by atoms with E-state index in [1.165, 1.54) is 0 Å². The van der Waals surface area contributed by atoms with Gasteiger partial charge in [0.05, 0.1) is 23.4 Å². The van der Waals surface area contributed by atoms with E-state index in [9.17, 15) is 20.6 Å². The summed E-state index contributed by atoms with van der Waals surface area (Å²) in [6.07, 6.45) is 4.33. The smallest absolute Gasteiger partial charge is 0.201 e. The summed E-state index contributed by atoms with van der Waals surface area (Å²) in [5.41, 5.74) is 5.03. The molecular formula is C26H20N4O. The normalized spacial score (nSPS) is 27.9. The maximum atomic E-state index is 14.3. The Morgan fingerprint density at radius 2 is 1.84 bits per heavy atom. The molecule has 1 spiro atoms. The van der Waals surface area contributed by atoms with Crippen LogP contribution in [0.2, 0.25) is 0 Å². The quantitative estimate of drug-likeness (QED) is 0.755. The van der Waals surface area contributed by atoms with Crippen LogP contribution in [0.1, 0.15) is 42.1 Å². The number of nitrogens with zero attached hydrogens (tertiary/aromatic N) is 3. The summed E-state index contributed by atoms with van der Waals surface area (Å²) in [5, 5.41) is 32.5. The van der Waals surface area contributed by atoms with E-state index >= 15 is 0 Å². The summed E-state index contributed by atoms with van der Waals surface area (Å²) in [6, 6.07) is 17.6. The van der Waals surface area contributed by atoms with Gasteiger partial charge in [-0.15, -0.1) is 0 Å². The van der Waals surface area contributed by atoms with Gasteiger partial charge in [0.2, 0.25) is 5.41 Å². The molecule has 0 radical (unpaired) electrons. The van der Waals surface area contributed by atoms with E-state index < -0.39 is 16.7 Å². The van der Waals surface area contributed by atoms with Gasteiger partial charge in [-0.1, -0.05) is 55.8 Å². The van der Waals surface area contributed by atoms with Crippen LogP contribution in [-0.2, 0) is 5.41 Å². The summed E-state index contributed by atoms with van der Waals surface area (Å²) >= 11 is 0. The van der Waals surface area contributed by atoms with Gasteiger partial charge >= 0.3 is 0 Å². The standard InChI is InChI=1S/C26H20N4O/c1-2-15-9-10-17-19(12-27)23(30)25(13-28,14-29)26(21(17)11-15)20-8-4-6-16-5-3-7-18(22(16)20)24(26)31/h3-8,10,15,21H,2,9,11,30H2,1H3. The molecule has 5 rings (SSSR count). The number of fused-ring (bicyclic) bond motifs is 3. The zero-order chi connectivity index (χ0) is 22.0. The van der Waals surface area contributed by atoms with Crippen molar-refractivity contribution in [1.29, 1.82) is 15.8 Å². The molecule has 2 aromatic carbocycles. The van der Waals surface area contributed by atoms with Crippen LogP contribution < -0.4 is 5.73 Å². The largest absolute Gasteiger partial charge is 0.399 e. The molecule has 0 amide bonds. The minimum absolute atomic E-state index is 0.101. The van der Waals surface area contributed by atoms with Crippen molar-refractivity contribution in [1.82, 2.24) is 0 Å². The van der Waals surface area contributed by atoms with E-state index in [-0.39, 0.29) is 17.1 Å². The lowest BCUT2D eigenvalue weighted by Crippen LogP contribution is -2.59. The van der Waals surface area contributed by atoms with Crippen LogP contribution in [0.25, 0.3) is 10.8 Å². The Morgan fingerprint density at radius 3 is 2.48 bits per heavy atom. The summed E-state index contributed by atoms with van der Waals surface area (Å²) in [4.78, 5) is 14.3. The molecular weight excluding hydrogens is 384 g/mol. The molecule has 0 bridgehead atoms. The Hall–Kier alpha value is -3.88. The molecule has 3 unspecified atom stereocenters. The van der Waals surface area contributed by atoms with Crippen LogP contribution >= 0.6 is 0 Å². The highest BCUT2D eigenvalue weighted by atomic mass is 16.1. The number of carbonyl (C=O) groups is 1. The van der Waals surface area contributed by atoms with Gasteiger partial charge in [-0.2, -0.15) is 15.8 Å². The molecule has 150 valence electrons. The first-order chi connectivity index (χ1) is 15.0. The van der Waals surface area contributed by atoms with Crippen molar-refractivity contribution in [2.75, 3.05) is 0 Å². The molecule has 3 aliphatic rings. The second-order valence-corrected chi connectivity index (χ2v) is 8.68. The predicted molar refractivity (Wildman–Crippen MR) is 115 cm³/mol. The zero-order valence-electron chi connectivity index (χ0n) is 17.1. The lowest BCUT2D eigenvalue weighted by Gasteiger charge is -2.51. The average Bonchev–Trinajstić information content (AvgIpc) is 3.06. The fraction of sp³-hybridized carbons (Fsp3) is 0.308. The van der Waals surface area contributed by atoms with Gasteiger partial charge in [-0.3, -0.25) is 4.79 Å². The molecule has 5 heteroatoms. The number of ketones is 1. The Morgan fingerprint density at radius 1 is 1.13 bits per heavy atom. The van der Waals surface area contributed by atoms with Gasteiger partial charge in [-0.25, -0.2) is 0 Å². The number of hydrogen-bond donors (Lipinski definition) is 1. The zero-order valence-corrected chi connectivity index (χ0v) is 17.1. The van der Waals surface area contributed by atoms with Crippen LogP contribution in [-0.4, -0.2) is 5.78 Å². The molecule has 3 aliphatic carbocycles. The van der Waals surface area contributed by atoms with Crippen LogP contribution in [0, 0.1) is 51.2 Å². The molecule has 0 aromatic heterocycles. The summed E-state index contributed by atoms with van der Waals surface area (Å²) in [6.45, 7) is 2.10. The second kappa shape index (κ2) is 6.31. The lowest BCUT2D eigenvalue weighted by atomic mass is 9.46. The number of benzene rings is 2. The number of nitriles is 3. The van der Waals surface area contributed by atoms with E-state index in [2.05, 4.69) is 25.1 Å². The molecule has 3 atom stereocenters. The van der Waals surface area contributed by atoms with Gasteiger partial charge < -0.3 is 5.73 Å². The van der Waals surface area contributed by atoms with Crippen molar-refractivity contribution in [2.45, 2.75) is 31.6 Å². The summed E-state index contributed by atoms with van der Waals surface area (Å²) in [7, 11) is 0. The number of Topliss-reactive ketones (excluding diaryl/α,β-unsaturated/α-hetero) is 1. The highest BCUT2D eigenvalue weighted by Crippen LogP contribution is 2.65. The Kier molecular flexibility index (Phi) is 3.89. The lowest BCUT2D eigenvalue weighted by molar-refractivity contribution is 0.0716. The number of allylic oxidation sites excluding steroid dienone is 4. The number of carbonyl (C=O) groups excluding carboxylic acids is 1. The van der Waals surface area contributed by atoms with Crippen molar-refractivity contribution >= 4 is 16.6 Å². The summed E-state index contributed by atoms with van der Waals surface area (Å²) in [5.74, 6) is -0.399. The highest BCUT2D eigenvalue weighted by molar-refractivity contribution is 6.22. The third kappa shape index (κ3) is 1.96. The fourth-order valence-corrected chi connectivity index (χ4v) is 6.19. The maximum Gasteiger partial charge on any atom is 0.201 e. The predicted octanol–water partition coefficient (Wildman–Crippen LogP) is 4.42. The Balaban J connectivity index is 1.99. The number of nitrogens with two attached hydrogens (primary N) is 1. The van der Waals surface area contributed by atoms with Gasteiger partial charge in [0.1, 0.15) is 11.5 Å². The first-order valence-electron chi connectivity index (χ1n) is 10.5. The number of hydrogen-bond acceptors (Lipinski definition) is 5. The molecule has 0 heterocycles. The van der Waals surface area contributed by atoms with Crippen LogP contribution in [0.5, 0.6) is 0 Å². The molecule has 2 N–H and O–H groups in total. The molecule has 5 nitrogen and oxygen atoms in total.